The molecule has 0 aromatic rings. The van der Waals surface area contributed by atoms with E-state index in [0.717, 1.165) is 17.8 Å². The van der Waals surface area contributed by atoms with E-state index in [1.807, 2.05) is 0 Å². The van der Waals surface area contributed by atoms with E-state index in [-0.39, 0.29) is 0 Å². The van der Waals surface area contributed by atoms with Crippen LogP contribution >= 0.6 is 0 Å². The van der Waals surface area contributed by atoms with Crippen LogP contribution in [0.5, 0.6) is 0 Å². The third-order valence-electron chi connectivity index (χ3n) is 3.65. The van der Waals surface area contributed by atoms with Crippen LogP contribution in [0, 0.1) is 17.8 Å². The number of nitrogens with zero attached hydrogens (tertiary/aromatic N) is 2. The zero-order valence-electron chi connectivity index (χ0n) is 12.4. The van der Waals surface area contributed by atoms with Crippen LogP contribution in [0.25, 0.3) is 0 Å². The fraction of sp³-hybridized carbons (Fsp3) is 1.00. The molecule has 0 radical (unpaired) electrons. The Bertz CT molecular complexity index is 200. The fourth-order valence-corrected chi connectivity index (χ4v) is 2.38. The summed E-state index contributed by atoms with van der Waals surface area (Å²) in [5.41, 5.74) is 0. The molecule has 0 aromatic heterocycles. The number of hydrogen-bond acceptors (Lipinski definition) is 3. The second-order valence-corrected chi connectivity index (χ2v) is 6.35. The van der Waals surface area contributed by atoms with Crippen molar-refractivity contribution in [3.05, 3.63) is 0 Å². The maximum atomic E-state index is 3.38. The first-order chi connectivity index (χ1) is 7.99. The molecular weight excluding hydrogens is 210 g/mol. The molecule has 17 heavy (non-hydrogen) atoms. The topological polar surface area (TPSA) is 18.5 Å². The molecule has 0 amide bonds. The van der Waals surface area contributed by atoms with Crippen molar-refractivity contribution in [2.24, 2.45) is 17.8 Å². The molecule has 1 unspecified atom stereocenters. The van der Waals surface area contributed by atoms with E-state index in [4.69, 9.17) is 0 Å². The van der Waals surface area contributed by atoms with E-state index in [2.05, 4.69) is 50.0 Å². The molecule has 0 aromatic carbocycles. The van der Waals surface area contributed by atoms with Crippen LogP contribution in [-0.2, 0) is 0 Å². The van der Waals surface area contributed by atoms with E-state index in [1.54, 1.807) is 0 Å². The summed E-state index contributed by atoms with van der Waals surface area (Å²) in [6, 6.07) is 0. The Morgan fingerprint density at radius 2 is 1.71 bits per heavy atom. The Labute approximate surface area is 108 Å². The number of likely N-dealkylation sites (N-methyl/N-ethyl adjacent to an activating group) is 1. The zero-order valence-corrected chi connectivity index (χ0v) is 12.4. The van der Waals surface area contributed by atoms with Crippen molar-refractivity contribution in [3.63, 3.8) is 0 Å². The van der Waals surface area contributed by atoms with Gasteiger partial charge in [-0.2, -0.15) is 0 Å². The zero-order chi connectivity index (χ0) is 12.8. The molecule has 0 spiro atoms. The van der Waals surface area contributed by atoms with Gasteiger partial charge in [-0.05, 0) is 44.9 Å². The van der Waals surface area contributed by atoms with E-state index < -0.39 is 0 Å². The van der Waals surface area contributed by atoms with Crippen LogP contribution in [0.1, 0.15) is 20.8 Å². The van der Waals surface area contributed by atoms with Crippen LogP contribution in [0.3, 0.4) is 0 Å². The molecular formula is C14H31N3. The Hall–Kier alpha value is -0.120. The van der Waals surface area contributed by atoms with Crippen molar-refractivity contribution in [2.45, 2.75) is 20.8 Å². The third-order valence-corrected chi connectivity index (χ3v) is 3.65. The first kappa shape index (κ1) is 14.9. The monoisotopic (exact) mass is 241 g/mol. The predicted molar refractivity (Wildman–Crippen MR) is 75.4 cm³/mol. The number of nitrogens with one attached hydrogen (secondary N) is 1. The van der Waals surface area contributed by atoms with Gasteiger partial charge in [0.05, 0.1) is 0 Å². The van der Waals surface area contributed by atoms with Crippen molar-refractivity contribution in [3.8, 4) is 0 Å². The summed E-state index contributed by atoms with van der Waals surface area (Å²) in [5.74, 6) is 2.50. The van der Waals surface area contributed by atoms with Gasteiger partial charge in [-0.25, -0.2) is 0 Å². The third kappa shape index (κ3) is 5.84. The van der Waals surface area contributed by atoms with Gasteiger partial charge < -0.3 is 15.1 Å². The molecule has 0 saturated carbocycles. The lowest BCUT2D eigenvalue weighted by molar-refractivity contribution is 0.146. The second-order valence-electron chi connectivity index (χ2n) is 6.35. The van der Waals surface area contributed by atoms with Gasteiger partial charge in [-0.3, -0.25) is 0 Å². The van der Waals surface area contributed by atoms with Crippen molar-refractivity contribution in [2.75, 3.05) is 53.4 Å². The lowest BCUT2D eigenvalue weighted by atomic mass is 9.88. The quantitative estimate of drug-likeness (QED) is 0.692. The van der Waals surface area contributed by atoms with Gasteiger partial charge in [0.1, 0.15) is 0 Å². The average Bonchev–Trinajstić information content (AvgIpc) is 2.10. The molecule has 1 N–H and O–H groups in total. The van der Waals surface area contributed by atoms with Crippen LogP contribution in [0.2, 0.25) is 0 Å². The van der Waals surface area contributed by atoms with E-state index >= 15 is 0 Å². The van der Waals surface area contributed by atoms with Crippen LogP contribution in [-0.4, -0.2) is 63.2 Å². The Kier molecular flexibility index (Phi) is 6.45. The maximum absolute atomic E-state index is 3.38. The summed E-state index contributed by atoms with van der Waals surface area (Å²) >= 11 is 0. The van der Waals surface area contributed by atoms with Crippen LogP contribution in [0.4, 0.5) is 0 Å². The number of hydrogen-bond donors (Lipinski definition) is 1. The van der Waals surface area contributed by atoms with Gasteiger partial charge >= 0.3 is 0 Å². The van der Waals surface area contributed by atoms with Crippen molar-refractivity contribution < 1.29 is 0 Å². The molecule has 3 heteroatoms. The maximum Gasteiger partial charge on any atom is 0.0109 e. The minimum Gasteiger partial charge on any atom is -0.316 e. The molecule has 1 heterocycles. The fourth-order valence-electron chi connectivity index (χ4n) is 2.38. The molecule has 1 aliphatic heterocycles. The molecule has 1 fully saturated rings. The average molecular weight is 241 g/mol. The Morgan fingerprint density at radius 1 is 1.06 bits per heavy atom. The summed E-state index contributed by atoms with van der Waals surface area (Å²) in [4.78, 5) is 4.93. The Morgan fingerprint density at radius 3 is 2.12 bits per heavy atom. The van der Waals surface area contributed by atoms with Gasteiger partial charge in [0.25, 0.3) is 0 Å². The lowest BCUT2D eigenvalue weighted by Gasteiger charge is -2.36. The normalized spacial score (nSPS) is 19.1. The molecule has 1 saturated heterocycles. The van der Waals surface area contributed by atoms with Crippen molar-refractivity contribution in [1.82, 2.24) is 15.1 Å². The molecule has 1 atom stereocenters. The van der Waals surface area contributed by atoms with Crippen LogP contribution in [0.15, 0.2) is 0 Å². The lowest BCUT2D eigenvalue weighted by Crippen LogP contribution is -2.49. The molecule has 1 rings (SSSR count). The summed E-state index contributed by atoms with van der Waals surface area (Å²) in [6.45, 7) is 14.4. The highest BCUT2D eigenvalue weighted by atomic mass is 15.2. The van der Waals surface area contributed by atoms with Gasteiger partial charge in [0.2, 0.25) is 0 Å². The smallest absolute Gasteiger partial charge is 0.0109 e. The van der Waals surface area contributed by atoms with Crippen molar-refractivity contribution >= 4 is 0 Å². The van der Waals surface area contributed by atoms with Crippen LogP contribution < -0.4 is 5.32 Å². The minimum atomic E-state index is 0.767. The first-order valence-electron chi connectivity index (χ1n) is 7.06. The van der Waals surface area contributed by atoms with E-state index in [0.29, 0.717) is 0 Å². The molecule has 3 nitrogen and oxygen atoms in total. The standard InChI is InChI=1S/C14H31N3/c1-12(2)10-17(7-6-16(4)5)11-13(3)14-8-15-9-14/h12-15H,6-11H2,1-5H3. The highest BCUT2D eigenvalue weighted by Gasteiger charge is 2.25. The van der Waals surface area contributed by atoms with Crippen molar-refractivity contribution in [1.29, 1.82) is 0 Å². The molecule has 0 aliphatic carbocycles. The minimum absolute atomic E-state index is 0.767. The SMILES string of the molecule is CC(C)CN(CCN(C)C)CC(C)C1CNC1. The van der Waals surface area contributed by atoms with E-state index in [9.17, 15) is 0 Å². The molecule has 0 bridgehead atoms. The molecule has 102 valence electrons. The second kappa shape index (κ2) is 7.34. The summed E-state index contributed by atoms with van der Waals surface area (Å²) in [5, 5.41) is 3.38. The highest BCUT2D eigenvalue weighted by Crippen LogP contribution is 2.17. The predicted octanol–water partition coefficient (Wildman–Crippen LogP) is 1.36. The summed E-state index contributed by atoms with van der Waals surface area (Å²) in [6.07, 6.45) is 0. The van der Waals surface area contributed by atoms with Gasteiger partial charge in [-0.15, -0.1) is 0 Å². The molecule has 1 aliphatic rings. The highest BCUT2D eigenvalue weighted by molar-refractivity contribution is 4.81. The summed E-state index contributed by atoms with van der Waals surface area (Å²) < 4.78 is 0. The number of rotatable bonds is 8. The largest absolute Gasteiger partial charge is 0.316 e. The summed E-state index contributed by atoms with van der Waals surface area (Å²) in [7, 11) is 4.32. The van der Waals surface area contributed by atoms with E-state index in [1.165, 1.54) is 39.3 Å². The van der Waals surface area contributed by atoms with Gasteiger partial charge in [0, 0.05) is 26.2 Å². The van der Waals surface area contributed by atoms with Gasteiger partial charge in [0.15, 0.2) is 0 Å². The first-order valence-corrected chi connectivity index (χ1v) is 7.06. The Balaban J connectivity index is 2.32. The van der Waals surface area contributed by atoms with Gasteiger partial charge in [-0.1, -0.05) is 20.8 Å².